The maximum Gasteiger partial charge on any atom is 0.472 e. The summed E-state index contributed by atoms with van der Waals surface area (Å²) >= 11 is 0. The van der Waals surface area contributed by atoms with E-state index in [-0.39, 0.29) is 25.7 Å². The van der Waals surface area contributed by atoms with Crippen LogP contribution in [0.4, 0.5) is 0 Å². The first-order valence-corrected chi connectivity index (χ1v) is 43.7. The van der Waals surface area contributed by atoms with Gasteiger partial charge in [-0.25, -0.2) is 9.13 Å². The maximum absolute atomic E-state index is 13.1. The average molecular weight is 1440 g/mol. The van der Waals surface area contributed by atoms with E-state index in [0.717, 1.165) is 114 Å². The Hall–Kier alpha value is -1.94. The van der Waals surface area contributed by atoms with Gasteiger partial charge in [0.15, 0.2) is 12.2 Å². The Kier molecular flexibility index (Phi) is 66.8. The lowest BCUT2D eigenvalue weighted by atomic mass is 10.0. The largest absolute Gasteiger partial charge is 0.472 e. The van der Waals surface area contributed by atoms with Gasteiger partial charge in [0.2, 0.25) is 0 Å². The van der Waals surface area contributed by atoms with Crippen molar-refractivity contribution in [3.8, 4) is 0 Å². The van der Waals surface area contributed by atoms with Crippen molar-refractivity contribution in [3.05, 3.63) is 0 Å². The molecule has 582 valence electrons. The van der Waals surface area contributed by atoms with Crippen LogP contribution in [0, 0.1) is 23.7 Å². The van der Waals surface area contributed by atoms with Gasteiger partial charge in [0.05, 0.1) is 26.4 Å². The van der Waals surface area contributed by atoms with Gasteiger partial charge in [0.25, 0.3) is 0 Å². The van der Waals surface area contributed by atoms with Crippen LogP contribution in [0.2, 0.25) is 0 Å². The van der Waals surface area contributed by atoms with E-state index in [1.54, 1.807) is 0 Å². The minimum atomic E-state index is -4.96. The highest BCUT2D eigenvalue weighted by Gasteiger charge is 2.30. The molecule has 0 heterocycles. The van der Waals surface area contributed by atoms with E-state index >= 15 is 0 Å². The molecule has 0 aliphatic carbocycles. The van der Waals surface area contributed by atoms with E-state index < -0.39 is 97.5 Å². The second kappa shape index (κ2) is 68.2. The van der Waals surface area contributed by atoms with E-state index in [0.29, 0.717) is 31.6 Å². The summed E-state index contributed by atoms with van der Waals surface area (Å²) in [5.41, 5.74) is 0. The minimum absolute atomic E-state index is 0.105. The van der Waals surface area contributed by atoms with Gasteiger partial charge in [0.1, 0.15) is 19.3 Å². The third-order valence-electron chi connectivity index (χ3n) is 18.3. The van der Waals surface area contributed by atoms with Crippen LogP contribution < -0.4 is 0 Å². The lowest BCUT2D eigenvalue weighted by Crippen LogP contribution is -2.30. The van der Waals surface area contributed by atoms with Gasteiger partial charge in [-0.1, -0.05) is 351 Å². The Morgan fingerprint density at radius 2 is 0.429 bits per heavy atom. The summed E-state index contributed by atoms with van der Waals surface area (Å²) in [6.45, 7) is 14.2. The molecule has 2 unspecified atom stereocenters. The molecular formula is C79H154O17P2. The minimum Gasteiger partial charge on any atom is -0.462 e. The van der Waals surface area contributed by atoms with Crippen molar-refractivity contribution in [2.24, 2.45) is 23.7 Å². The molecule has 17 nitrogen and oxygen atoms in total. The fourth-order valence-corrected chi connectivity index (χ4v) is 13.7. The molecule has 0 radical (unpaired) electrons. The molecule has 3 N–H and O–H groups in total. The number of phosphoric acid groups is 2. The number of carbonyl (C=O) groups is 4. The molecule has 19 heteroatoms. The second-order valence-electron chi connectivity index (χ2n) is 30.4. The van der Waals surface area contributed by atoms with Gasteiger partial charge in [0, 0.05) is 25.7 Å². The lowest BCUT2D eigenvalue weighted by Gasteiger charge is -2.21. The van der Waals surface area contributed by atoms with Crippen molar-refractivity contribution in [1.82, 2.24) is 0 Å². The zero-order valence-corrected chi connectivity index (χ0v) is 66.2. The van der Waals surface area contributed by atoms with Crippen molar-refractivity contribution in [3.63, 3.8) is 0 Å². The maximum atomic E-state index is 13.1. The van der Waals surface area contributed by atoms with Crippen molar-refractivity contribution < 1.29 is 80.2 Å². The van der Waals surface area contributed by atoms with Crippen LogP contribution >= 0.6 is 15.6 Å². The zero-order valence-electron chi connectivity index (χ0n) is 64.4. The van der Waals surface area contributed by atoms with Gasteiger partial charge in [-0.3, -0.25) is 37.3 Å². The quantitative estimate of drug-likeness (QED) is 0.0222. The normalized spacial score (nSPS) is 14.1. The van der Waals surface area contributed by atoms with E-state index in [1.807, 2.05) is 0 Å². The highest BCUT2D eigenvalue weighted by atomic mass is 31.2. The Morgan fingerprint density at radius 1 is 0.255 bits per heavy atom. The predicted octanol–water partition coefficient (Wildman–Crippen LogP) is 23.2. The molecule has 0 aromatic carbocycles. The van der Waals surface area contributed by atoms with Crippen LogP contribution in [0.15, 0.2) is 0 Å². The van der Waals surface area contributed by atoms with Gasteiger partial charge >= 0.3 is 39.5 Å². The standard InChI is InChI=1S/C79H154O17P2/c1-69(2)55-47-39-31-25-19-15-13-11-9-10-12-14-16-22-29-35-45-53-61-78(83)95-74(65-89-76(81)59-51-43-34-28-21-18-17-20-26-32-40-48-56-70(3)4)67-93-97(85,86)91-63-73(80)64-92-98(87,88)94-68-75(66-90-77(82)60-52-44-38-37-42-50-58-72(7)8)96-79(84)62-54-46-36-30-24-23-27-33-41-49-57-71(5)6/h69-75,80H,9-68H2,1-8H3,(H,85,86)(H,87,88)/t73-,74-,75-/m1/s1. The first-order chi connectivity index (χ1) is 47.1. The lowest BCUT2D eigenvalue weighted by molar-refractivity contribution is -0.161. The second-order valence-corrected chi connectivity index (χ2v) is 33.3. The van der Waals surface area contributed by atoms with Crippen LogP contribution in [-0.2, 0) is 65.4 Å². The highest BCUT2D eigenvalue weighted by molar-refractivity contribution is 7.47. The van der Waals surface area contributed by atoms with Crippen molar-refractivity contribution in [2.45, 2.75) is 420 Å². The van der Waals surface area contributed by atoms with E-state index in [1.165, 1.54) is 199 Å². The molecule has 0 spiro atoms. The molecule has 98 heavy (non-hydrogen) atoms. The summed E-state index contributed by atoms with van der Waals surface area (Å²) in [5, 5.41) is 10.6. The summed E-state index contributed by atoms with van der Waals surface area (Å²) < 4.78 is 68.6. The van der Waals surface area contributed by atoms with Gasteiger partial charge in [-0.15, -0.1) is 0 Å². The number of rotatable bonds is 76. The number of ether oxygens (including phenoxy) is 4. The smallest absolute Gasteiger partial charge is 0.462 e. The highest BCUT2D eigenvalue weighted by Crippen LogP contribution is 2.45. The number of phosphoric ester groups is 2. The topological polar surface area (TPSA) is 237 Å². The van der Waals surface area contributed by atoms with E-state index in [9.17, 15) is 43.2 Å². The Balaban J connectivity index is 5.21. The number of unbranched alkanes of at least 4 members (excludes halogenated alkanes) is 42. The summed E-state index contributed by atoms with van der Waals surface area (Å²) in [5.74, 6) is 0.914. The number of esters is 4. The first kappa shape index (κ1) is 96.1. The zero-order chi connectivity index (χ0) is 72.4. The molecule has 0 bridgehead atoms. The van der Waals surface area contributed by atoms with Crippen LogP contribution in [-0.4, -0.2) is 96.7 Å². The first-order valence-electron chi connectivity index (χ1n) is 40.7. The summed E-state index contributed by atoms with van der Waals surface area (Å²) in [7, 11) is -9.92. The molecule has 0 aliphatic rings. The van der Waals surface area contributed by atoms with E-state index in [2.05, 4.69) is 55.4 Å². The van der Waals surface area contributed by atoms with Crippen LogP contribution in [0.25, 0.3) is 0 Å². The molecule has 0 saturated heterocycles. The third-order valence-corrected chi connectivity index (χ3v) is 20.2. The van der Waals surface area contributed by atoms with Gasteiger partial charge in [-0.2, -0.15) is 0 Å². The van der Waals surface area contributed by atoms with Crippen LogP contribution in [0.5, 0.6) is 0 Å². The third kappa shape index (κ3) is 72.4. The molecule has 0 fully saturated rings. The summed E-state index contributed by atoms with van der Waals surface area (Å²) in [6, 6.07) is 0. The molecule has 0 saturated carbocycles. The van der Waals surface area contributed by atoms with Crippen LogP contribution in [0.1, 0.15) is 402 Å². The van der Waals surface area contributed by atoms with Crippen LogP contribution in [0.3, 0.4) is 0 Å². The monoisotopic (exact) mass is 1440 g/mol. The Bertz CT molecular complexity index is 1920. The number of carbonyl (C=O) groups excluding carboxylic acids is 4. The van der Waals surface area contributed by atoms with Crippen molar-refractivity contribution >= 4 is 39.5 Å². The predicted molar refractivity (Wildman–Crippen MR) is 400 cm³/mol. The molecule has 0 aromatic heterocycles. The molecule has 0 aliphatic heterocycles. The molecule has 0 amide bonds. The van der Waals surface area contributed by atoms with Crippen molar-refractivity contribution in [2.75, 3.05) is 39.6 Å². The molecule has 5 atom stereocenters. The fraction of sp³-hybridized carbons (Fsp3) is 0.949. The Morgan fingerprint density at radius 3 is 0.633 bits per heavy atom. The van der Waals surface area contributed by atoms with E-state index in [4.69, 9.17) is 37.0 Å². The number of hydrogen-bond acceptors (Lipinski definition) is 15. The van der Waals surface area contributed by atoms with Gasteiger partial charge in [-0.05, 0) is 49.4 Å². The average Bonchev–Trinajstić information content (AvgIpc) is 0.971. The summed E-state index contributed by atoms with van der Waals surface area (Å²) in [6.07, 6.45) is 54.4. The molecule has 0 aromatic rings. The molecule has 0 rings (SSSR count). The number of hydrogen-bond donors (Lipinski definition) is 3. The SMILES string of the molecule is CC(C)CCCCCCCCCCCCCCCCCCCCC(=O)O[C@H](COC(=O)CCCCCCCCCCCCCCC(C)C)COP(=O)(O)OC[C@@H](O)COP(=O)(O)OC[C@@H](COC(=O)CCCCCCCCC(C)C)OC(=O)CCCCCCCCCCCCC(C)C. The molecular weight excluding hydrogens is 1280 g/mol. The number of aliphatic hydroxyl groups is 1. The summed E-state index contributed by atoms with van der Waals surface area (Å²) in [4.78, 5) is 72.9. The Labute approximate surface area is 600 Å². The van der Waals surface area contributed by atoms with Gasteiger partial charge < -0.3 is 33.8 Å². The fourth-order valence-electron chi connectivity index (χ4n) is 12.1. The van der Waals surface area contributed by atoms with Crippen molar-refractivity contribution in [1.29, 1.82) is 0 Å². The number of aliphatic hydroxyl groups excluding tert-OH is 1.